The van der Waals surface area contributed by atoms with Gasteiger partial charge in [0.25, 0.3) is 0 Å². The number of alkyl halides is 6. The molecule has 2 aliphatic rings. The number of piperidine rings is 1. The summed E-state index contributed by atoms with van der Waals surface area (Å²) < 4.78 is 79.4. The van der Waals surface area contributed by atoms with Gasteiger partial charge in [0.15, 0.2) is 0 Å². The van der Waals surface area contributed by atoms with Gasteiger partial charge in [-0.15, -0.1) is 0 Å². The summed E-state index contributed by atoms with van der Waals surface area (Å²) in [5.41, 5.74) is -3.72. The molecule has 162 valence electrons. The van der Waals surface area contributed by atoms with Crippen LogP contribution in [0, 0.1) is 0 Å². The second-order valence-electron chi connectivity index (χ2n) is 8.28. The van der Waals surface area contributed by atoms with E-state index in [4.69, 9.17) is 0 Å². The summed E-state index contributed by atoms with van der Waals surface area (Å²) in [5, 5.41) is 11.2. The molecular weight excluding hydrogens is 408 g/mol. The van der Waals surface area contributed by atoms with Crippen LogP contribution in [-0.2, 0) is 24.5 Å². The highest BCUT2D eigenvalue weighted by Gasteiger charge is 2.49. The topological polar surface area (TPSA) is 23.5 Å². The molecule has 2 bridgehead atoms. The molecule has 4 rings (SSSR count). The minimum atomic E-state index is -4.93. The van der Waals surface area contributed by atoms with Gasteiger partial charge in [-0.2, -0.15) is 26.3 Å². The third-order valence-electron chi connectivity index (χ3n) is 6.25. The molecule has 2 unspecified atom stereocenters. The average Bonchev–Trinajstić information content (AvgIpc) is 2.91. The maximum atomic E-state index is 13.2. The fraction of sp³-hybridized carbons (Fsp3) is 0.455. The Morgan fingerprint density at radius 2 is 1.33 bits per heavy atom. The van der Waals surface area contributed by atoms with Crippen LogP contribution in [0.2, 0.25) is 0 Å². The lowest BCUT2D eigenvalue weighted by atomic mass is 9.79. The molecule has 30 heavy (non-hydrogen) atoms. The minimum Gasteiger partial charge on any atom is -0.385 e. The lowest BCUT2D eigenvalue weighted by molar-refractivity contribution is -0.143. The molecular formula is C22H21F6NO. The van der Waals surface area contributed by atoms with Crippen molar-refractivity contribution in [1.82, 2.24) is 4.90 Å². The maximum Gasteiger partial charge on any atom is 0.416 e. The van der Waals surface area contributed by atoms with E-state index < -0.39 is 29.1 Å². The summed E-state index contributed by atoms with van der Waals surface area (Å²) >= 11 is 0. The second kappa shape index (κ2) is 7.27. The molecule has 2 aliphatic heterocycles. The molecule has 2 heterocycles. The van der Waals surface area contributed by atoms with Crippen LogP contribution in [0.4, 0.5) is 26.3 Å². The van der Waals surface area contributed by atoms with Gasteiger partial charge in [-0.3, -0.25) is 4.90 Å². The smallest absolute Gasteiger partial charge is 0.385 e. The molecule has 2 fully saturated rings. The quantitative estimate of drug-likeness (QED) is 0.629. The number of hydrogen-bond acceptors (Lipinski definition) is 2. The first-order chi connectivity index (χ1) is 14.0. The fourth-order valence-electron chi connectivity index (χ4n) is 4.83. The zero-order chi connectivity index (χ0) is 21.7. The van der Waals surface area contributed by atoms with E-state index in [2.05, 4.69) is 4.90 Å². The Hall–Kier alpha value is -2.06. The summed E-state index contributed by atoms with van der Waals surface area (Å²) in [5.74, 6) is 0. The third kappa shape index (κ3) is 4.07. The summed E-state index contributed by atoms with van der Waals surface area (Å²) in [4.78, 5) is 2.21. The van der Waals surface area contributed by atoms with E-state index in [0.29, 0.717) is 18.7 Å². The molecule has 2 atom stereocenters. The van der Waals surface area contributed by atoms with Gasteiger partial charge >= 0.3 is 12.4 Å². The van der Waals surface area contributed by atoms with Crippen molar-refractivity contribution in [3.63, 3.8) is 0 Å². The molecule has 0 spiro atoms. The van der Waals surface area contributed by atoms with Crippen LogP contribution in [0.1, 0.15) is 47.9 Å². The second-order valence-corrected chi connectivity index (χ2v) is 8.28. The van der Waals surface area contributed by atoms with Crippen LogP contribution in [0.5, 0.6) is 0 Å². The van der Waals surface area contributed by atoms with Gasteiger partial charge < -0.3 is 5.11 Å². The molecule has 2 nitrogen and oxygen atoms in total. The summed E-state index contributed by atoms with van der Waals surface area (Å²) in [6.45, 7) is 0.642. The molecule has 0 radical (unpaired) electrons. The minimum absolute atomic E-state index is 0.0992. The molecule has 0 aliphatic carbocycles. The zero-order valence-electron chi connectivity index (χ0n) is 16.0. The summed E-state index contributed by atoms with van der Waals surface area (Å²) in [7, 11) is 0. The molecule has 1 N–H and O–H groups in total. The zero-order valence-corrected chi connectivity index (χ0v) is 16.0. The molecule has 2 saturated heterocycles. The van der Waals surface area contributed by atoms with E-state index in [9.17, 15) is 31.4 Å². The number of aliphatic hydroxyl groups is 1. The van der Waals surface area contributed by atoms with Crippen molar-refractivity contribution in [1.29, 1.82) is 0 Å². The molecule has 0 saturated carbocycles. The van der Waals surface area contributed by atoms with Crippen molar-refractivity contribution >= 4 is 0 Å². The van der Waals surface area contributed by atoms with Crippen LogP contribution in [0.3, 0.4) is 0 Å². The number of benzene rings is 2. The van der Waals surface area contributed by atoms with Crippen LogP contribution < -0.4 is 0 Å². The van der Waals surface area contributed by atoms with Crippen LogP contribution >= 0.6 is 0 Å². The molecule has 2 aromatic rings. The van der Waals surface area contributed by atoms with Crippen molar-refractivity contribution in [3.05, 3.63) is 70.8 Å². The van der Waals surface area contributed by atoms with Crippen molar-refractivity contribution in [3.8, 4) is 0 Å². The predicted octanol–water partition coefficient (Wildman–Crippen LogP) is 5.74. The molecule has 8 heteroatoms. The van der Waals surface area contributed by atoms with Crippen LogP contribution in [0.15, 0.2) is 48.5 Å². The molecule has 0 amide bonds. The van der Waals surface area contributed by atoms with E-state index in [-0.39, 0.29) is 36.6 Å². The average molecular weight is 429 g/mol. The maximum absolute atomic E-state index is 13.2. The van der Waals surface area contributed by atoms with Gasteiger partial charge in [0.05, 0.1) is 16.7 Å². The number of hydrogen-bond donors (Lipinski definition) is 1. The highest BCUT2D eigenvalue weighted by molar-refractivity contribution is 5.37. The number of rotatable bonds is 3. The van der Waals surface area contributed by atoms with Crippen LogP contribution in [-0.4, -0.2) is 22.1 Å². The van der Waals surface area contributed by atoms with Crippen LogP contribution in [0.25, 0.3) is 0 Å². The van der Waals surface area contributed by atoms with E-state index in [1.807, 2.05) is 30.3 Å². The standard InChI is InChI=1S/C22H21F6NO/c23-21(24,25)16-8-15(9-17(10-16)22(26,27)28)20(30)11-18-6-7-19(12-20)29(18)13-14-4-2-1-3-5-14/h1-5,8-10,18-19,30H,6-7,11-13H2. The normalized spacial score (nSPS) is 27.4. The first kappa shape index (κ1) is 21.2. The highest BCUT2D eigenvalue weighted by atomic mass is 19.4. The lowest BCUT2D eigenvalue weighted by Gasteiger charge is -2.44. The summed E-state index contributed by atoms with van der Waals surface area (Å²) in [6, 6.07) is 10.9. The Labute approximate surface area is 170 Å². The Bertz CT molecular complexity index is 862. The molecule has 2 aromatic carbocycles. The number of fused-ring (bicyclic) bond motifs is 2. The van der Waals surface area contributed by atoms with Crippen molar-refractivity contribution in [2.45, 2.75) is 62.3 Å². The monoisotopic (exact) mass is 429 g/mol. The SMILES string of the molecule is OC1(c2cc(C(F)(F)F)cc(C(F)(F)F)c2)CC2CCC(C1)N2Cc1ccccc1. The van der Waals surface area contributed by atoms with E-state index in [1.165, 1.54) is 0 Å². The van der Waals surface area contributed by atoms with Crippen molar-refractivity contribution in [2.24, 2.45) is 0 Å². The predicted molar refractivity (Wildman–Crippen MR) is 98.4 cm³/mol. The van der Waals surface area contributed by atoms with Gasteiger partial charge in [-0.1, -0.05) is 30.3 Å². The Kier molecular flexibility index (Phi) is 5.13. The van der Waals surface area contributed by atoms with E-state index in [1.54, 1.807) is 0 Å². The first-order valence-electron chi connectivity index (χ1n) is 9.78. The summed E-state index contributed by atoms with van der Waals surface area (Å²) in [6.07, 6.45) is -8.14. The third-order valence-corrected chi connectivity index (χ3v) is 6.25. The van der Waals surface area contributed by atoms with Gasteiger partial charge in [-0.25, -0.2) is 0 Å². The number of nitrogens with zero attached hydrogens (tertiary/aromatic N) is 1. The van der Waals surface area contributed by atoms with Crippen molar-refractivity contribution in [2.75, 3.05) is 0 Å². The lowest BCUT2D eigenvalue weighted by Crippen LogP contribution is -2.49. The van der Waals surface area contributed by atoms with Gasteiger partial charge in [0.2, 0.25) is 0 Å². The van der Waals surface area contributed by atoms with Gasteiger partial charge in [-0.05, 0) is 55.0 Å². The Balaban J connectivity index is 1.65. The van der Waals surface area contributed by atoms with E-state index >= 15 is 0 Å². The Morgan fingerprint density at radius 1 is 0.833 bits per heavy atom. The largest absolute Gasteiger partial charge is 0.416 e. The Morgan fingerprint density at radius 3 is 1.80 bits per heavy atom. The number of halogens is 6. The van der Waals surface area contributed by atoms with Gasteiger partial charge in [0.1, 0.15) is 0 Å². The molecule has 0 aromatic heterocycles. The fourth-order valence-corrected chi connectivity index (χ4v) is 4.83. The van der Waals surface area contributed by atoms with Crippen molar-refractivity contribution < 1.29 is 31.4 Å². The first-order valence-corrected chi connectivity index (χ1v) is 9.78. The highest BCUT2D eigenvalue weighted by Crippen LogP contribution is 2.48. The van der Waals surface area contributed by atoms with Gasteiger partial charge in [0, 0.05) is 18.6 Å². The van der Waals surface area contributed by atoms with E-state index in [0.717, 1.165) is 18.4 Å².